The van der Waals surface area contributed by atoms with Crippen LogP contribution in [-0.4, -0.2) is 14.9 Å². The third kappa shape index (κ3) is 3.88. The molecular weight excluding hydrogens is 294 g/mol. The molecule has 2 rings (SSSR count). The molecule has 0 aliphatic rings. The van der Waals surface area contributed by atoms with Crippen molar-refractivity contribution in [1.29, 1.82) is 0 Å². The molecule has 2 aromatic rings. The maximum Gasteiger partial charge on any atom is 0.311 e. The van der Waals surface area contributed by atoms with Gasteiger partial charge in [-0.2, -0.15) is 4.98 Å². The van der Waals surface area contributed by atoms with E-state index in [1.165, 1.54) is 12.1 Å². The minimum atomic E-state index is -0.496. The van der Waals surface area contributed by atoms with Crippen molar-refractivity contribution in [3.05, 3.63) is 50.9 Å². The summed E-state index contributed by atoms with van der Waals surface area (Å²) in [6.07, 6.45) is 1.53. The highest BCUT2D eigenvalue weighted by Gasteiger charge is 2.17. The van der Waals surface area contributed by atoms with E-state index in [1.54, 1.807) is 12.1 Å². The molecule has 6 nitrogen and oxygen atoms in total. The summed E-state index contributed by atoms with van der Waals surface area (Å²) in [4.78, 5) is 18.8. The summed E-state index contributed by atoms with van der Waals surface area (Å²) < 4.78 is 5.54. The van der Waals surface area contributed by atoms with Crippen molar-refractivity contribution in [3.63, 3.8) is 0 Å². The molecule has 0 bridgehead atoms. The zero-order chi connectivity index (χ0) is 15.4. The molecule has 0 atom stereocenters. The molecule has 0 N–H and O–H groups in total. The summed E-state index contributed by atoms with van der Waals surface area (Å²) in [7, 11) is 0. The topological polar surface area (TPSA) is 78.2 Å². The Morgan fingerprint density at radius 1 is 1.33 bits per heavy atom. The van der Waals surface area contributed by atoms with Crippen molar-refractivity contribution >= 4 is 17.3 Å². The van der Waals surface area contributed by atoms with E-state index in [2.05, 4.69) is 9.97 Å². The molecule has 1 aromatic carbocycles. The molecule has 0 radical (unpaired) electrons. The molecule has 0 saturated heterocycles. The normalized spacial score (nSPS) is 10.4. The first-order chi connectivity index (χ1) is 9.99. The van der Waals surface area contributed by atoms with Crippen LogP contribution in [0.25, 0.3) is 0 Å². The lowest BCUT2D eigenvalue weighted by atomic mass is 10.2. The maximum atomic E-state index is 11.0. The van der Waals surface area contributed by atoms with E-state index in [4.69, 9.17) is 16.3 Å². The number of hydrogen-bond donors (Lipinski definition) is 0. The summed E-state index contributed by atoms with van der Waals surface area (Å²) in [5, 5.41) is 11.3. The van der Waals surface area contributed by atoms with Crippen molar-refractivity contribution in [3.8, 4) is 11.6 Å². The van der Waals surface area contributed by atoms with Crippen molar-refractivity contribution < 1.29 is 9.66 Å². The third-order valence-electron chi connectivity index (χ3n) is 2.72. The average Bonchev–Trinajstić information content (AvgIpc) is 2.38. The fraction of sp³-hybridized carbons (Fsp3) is 0.286. The number of nitro benzene ring substituents is 1. The van der Waals surface area contributed by atoms with Crippen LogP contribution in [-0.2, 0) is 6.42 Å². The largest absolute Gasteiger partial charge is 0.432 e. The predicted octanol–water partition coefficient (Wildman–Crippen LogP) is 4.09. The van der Waals surface area contributed by atoms with Crippen LogP contribution in [0.2, 0.25) is 5.15 Å². The Morgan fingerprint density at radius 3 is 2.76 bits per heavy atom. The molecule has 0 spiro atoms. The van der Waals surface area contributed by atoms with Crippen molar-refractivity contribution in [1.82, 2.24) is 9.97 Å². The number of ether oxygens (including phenoxy) is 1. The molecular formula is C14H14ClN3O3. The summed E-state index contributed by atoms with van der Waals surface area (Å²) in [6, 6.07) is 6.08. The number of rotatable bonds is 5. The van der Waals surface area contributed by atoms with Crippen LogP contribution < -0.4 is 4.74 Å². The number of halogens is 1. The van der Waals surface area contributed by atoms with Crippen LogP contribution in [0, 0.1) is 17.0 Å². The second-order valence-corrected chi connectivity index (χ2v) is 4.91. The molecule has 21 heavy (non-hydrogen) atoms. The van der Waals surface area contributed by atoms with Gasteiger partial charge in [-0.05, 0) is 25.0 Å². The molecule has 0 unspecified atom stereocenters. The second-order valence-electron chi connectivity index (χ2n) is 4.53. The van der Waals surface area contributed by atoms with Gasteiger partial charge < -0.3 is 4.74 Å². The van der Waals surface area contributed by atoms with Crippen LogP contribution in [0.4, 0.5) is 5.69 Å². The molecule has 0 amide bonds. The molecule has 0 saturated carbocycles. The number of aryl methyl sites for hydroxylation is 2. The quantitative estimate of drug-likeness (QED) is 0.472. The van der Waals surface area contributed by atoms with Gasteiger partial charge in [0, 0.05) is 18.6 Å². The third-order valence-corrected chi connectivity index (χ3v) is 2.91. The molecule has 1 heterocycles. The predicted molar refractivity (Wildman–Crippen MR) is 78.9 cm³/mol. The molecule has 7 heteroatoms. The van der Waals surface area contributed by atoms with E-state index >= 15 is 0 Å². The van der Waals surface area contributed by atoms with Gasteiger partial charge in [0.2, 0.25) is 11.6 Å². The van der Waals surface area contributed by atoms with E-state index < -0.39 is 4.92 Å². The highest BCUT2D eigenvalue weighted by atomic mass is 35.5. The van der Waals surface area contributed by atoms with Crippen molar-refractivity contribution in [2.75, 3.05) is 0 Å². The van der Waals surface area contributed by atoms with E-state index in [1.807, 2.05) is 13.8 Å². The van der Waals surface area contributed by atoms with E-state index in [-0.39, 0.29) is 22.5 Å². The van der Waals surface area contributed by atoms with Gasteiger partial charge in [-0.15, -0.1) is 0 Å². The zero-order valence-corrected chi connectivity index (χ0v) is 12.4. The first kappa shape index (κ1) is 15.2. The summed E-state index contributed by atoms with van der Waals surface area (Å²) in [5.74, 6) is 0.889. The fourth-order valence-electron chi connectivity index (χ4n) is 1.80. The van der Waals surface area contributed by atoms with Gasteiger partial charge in [0.1, 0.15) is 11.0 Å². The lowest BCUT2D eigenvalue weighted by Crippen LogP contribution is -1.99. The molecule has 1 aromatic heterocycles. The fourth-order valence-corrected chi connectivity index (χ4v) is 1.99. The van der Waals surface area contributed by atoms with E-state index in [0.29, 0.717) is 12.2 Å². The Balaban J connectivity index is 2.37. The number of hydrogen-bond acceptors (Lipinski definition) is 5. The summed E-state index contributed by atoms with van der Waals surface area (Å²) in [5.41, 5.74) is 0.733. The first-order valence-corrected chi connectivity index (χ1v) is 6.83. The number of nitrogens with zero attached hydrogens (tertiary/aromatic N) is 3. The van der Waals surface area contributed by atoms with Crippen molar-refractivity contribution in [2.24, 2.45) is 0 Å². The average molecular weight is 308 g/mol. The van der Waals surface area contributed by atoms with E-state index in [0.717, 1.165) is 12.0 Å². The van der Waals surface area contributed by atoms with Crippen LogP contribution in [0.5, 0.6) is 11.6 Å². The minimum Gasteiger partial charge on any atom is -0.432 e. The lowest BCUT2D eigenvalue weighted by Gasteiger charge is -2.08. The molecule has 0 aliphatic heterocycles. The summed E-state index contributed by atoms with van der Waals surface area (Å²) in [6.45, 7) is 3.82. The van der Waals surface area contributed by atoms with Gasteiger partial charge in [0.05, 0.1) is 4.92 Å². The van der Waals surface area contributed by atoms with Crippen LogP contribution in [0.1, 0.15) is 24.7 Å². The first-order valence-electron chi connectivity index (χ1n) is 6.46. The minimum absolute atomic E-state index is 0.118. The van der Waals surface area contributed by atoms with E-state index in [9.17, 15) is 10.1 Å². The number of benzene rings is 1. The van der Waals surface area contributed by atoms with Crippen LogP contribution in [0.15, 0.2) is 24.3 Å². The molecule has 0 aliphatic carbocycles. The maximum absolute atomic E-state index is 11.0. The Kier molecular flexibility index (Phi) is 4.70. The standard InChI is InChI=1S/C14H14ClN3O3/c1-3-4-13-16-12(15)8-14(17-13)21-11-7-9(2)5-6-10(11)18(19)20/h5-8H,3-4H2,1-2H3. The van der Waals surface area contributed by atoms with Crippen molar-refractivity contribution in [2.45, 2.75) is 26.7 Å². The van der Waals surface area contributed by atoms with Gasteiger partial charge in [-0.1, -0.05) is 24.6 Å². The number of aromatic nitrogens is 2. The Morgan fingerprint density at radius 2 is 2.10 bits per heavy atom. The highest BCUT2D eigenvalue weighted by Crippen LogP contribution is 2.32. The van der Waals surface area contributed by atoms with Gasteiger partial charge in [0.15, 0.2) is 0 Å². The molecule has 0 fully saturated rings. The Labute approximate surface area is 126 Å². The Bertz CT molecular complexity index is 677. The van der Waals surface area contributed by atoms with Gasteiger partial charge in [-0.3, -0.25) is 10.1 Å². The monoisotopic (exact) mass is 307 g/mol. The van der Waals surface area contributed by atoms with Crippen LogP contribution in [0.3, 0.4) is 0 Å². The van der Waals surface area contributed by atoms with Crippen LogP contribution >= 0.6 is 11.6 Å². The van der Waals surface area contributed by atoms with Gasteiger partial charge in [-0.25, -0.2) is 4.98 Å². The SMILES string of the molecule is CCCc1nc(Cl)cc(Oc2cc(C)ccc2[N+](=O)[O-])n1. The van der Waals surface area contributed by atoms with Gasteiger partial charge in [0.25, 0.3) is 0 Å². The summed E-state index contributed by atoms with van der Waals surface area (Å²) >= 11 is 5.92. The van der Waals surface area contributed by atoms with Gasteiger partial charge >= 0.3 is 5.69 Å². The molecule has 110 valence electrons. The number of nitro groups is 1. The highest BCUT2D eigenvalue weighted by molar-refractivity contribution is 6.29. The Hall–Kier alpha value is -2.21. The lowest BCUT2D eigenvalue weighted by molar-refractivity contribution is -0.385. The second kappa shape index (κ2) is 6.49. The smallest absolute Gasteiger partial charge is 0.311 e. The zero-order valence-electron chi connectivity index (χ0n) is 11.7.